The molecule has 0 atom stereocenters. The van der Waals surface area contributed by atoms with Crippen molar-refractivity contribution in [2.75, 3.05) is 23.4 Å². The van der Waals surface area contributed by atoms with Gasteiger partial charge in [-0.2, -0.15) is 0 Å². The van der Waals surface area contributed by atoms with Crippen LogP contribution in [0.3, 0.4) is 0 Å². The lowest BCUT2D eigenvalue weighted by Gasteiger charge is -2.13. The summed E-state index contributed by atoms with van der Waals surface area (Å²) in [6.45, 7) is 6.15. The van der Waals surface area contributed by atoms with Gasteiger partial charge in [-0.1, -0.05) is 17.7 Å². The average molecular weight is 401 g/mol. The van der Waals surface area contributed by atoms with E-state index in [4.69, 9.17) is 4.74 Å². The topological polar surface area (TPSA) is 88.6 Å². The van der Waals surface area contributed by atoms with Crippen LogP contribution in [0.2, 0.25) is 0 Å². The molecule has 0 radical (unpaired) electrons. The Hall–Kier alpha value is -2.74. The number of aromatic nitrogens is 1. The van der Waals surface area contributed by atoms with Gasteiger partial charge in [-0.3, -0.25) is 19.3 Å². The molecule has 2 aromatic rings. The summed E-state index contributed by atoms with van der Waals surface area (Å²) in [6.07, 6.45) is 1.32. The molecule has 0 saturated carbocycles. The summed E-state index contributed by atoms with van der Waals surface area (Å²) in [5, 5.41) is 5.14. The summed E-state index contributed by atoms with van der Waals surface area (Å²) in [5.41, 5.74) is 4.33. The van der Waals surface area contributed by atoms with Crippen molar-refractivity contribution in [2.45, 2.75) is 40.0 Å². The fourth-order valence-corrected chi connectivity index (χ4v) is 4.12. The number of carbonyl (C=O) groups excluding carboxylic acids is 3. The molecule has 0 bridgehead atoms. The monoisotopic (exact) mass is 401 g/mol. The Morgan fingerprint density at radius 1 is 1.25 bits per heavy atom. The number of aryl methyl sites for hydroxylation is 3. The van der Waals surface area contributed by atoms with Gasteiger partial charge in [0.05, 0.1) is 12.1 Å². The highest BCUT2D eigenvalue weighted by atomic mass is 32.1. The third kappa shape index (κ3) is 4.75. The number of benzene rings is 1. The molecule has 0 spiro atoms. The van der Waals surface area contributed by atoms with Crippen molar-refractivity contribution < 1.29 is 19.1 Å². The van der Waals surface area contributed by atoms with Crippen LogP contribution in [0.5, 0.6) is 0 Å². The summed E-state index contributed by atoms with van der Waals surface area (Å²) in [4.78, 5) is 41.9. The van der Waals surface area contributed by atoms with Gasteiger partial charge in [0.15, 0.2) is 11.7 Å². The van der Waals surface area contributed by atoms with Crippen molar-refractivity contribution in [1.29, 1.82) is 0 Å². The van der Waals surface area contributed by atoms with E-state index in [0.29, 0.717) is 23.8 Å². The summed E-state index contributed by atoms with van der Waals surface area (Å²) < 4.78 is 5.07. The number of hydrogen-bond acceptors (Lipinski definition) is 6. The minimum absolute atomic E-state index is 0.0333. The third-order valence-electron chi connectivity index (χ3n) is 4.48. The maximum absolute atomic E-state index is 12.1. The molecule has 7 nitrogen and oxygen atoms in total. The number of amides is 2. The van der Waals surface area contributed by atoms with Crippen LogP contribution in [0, 0.1) is 20.8 Å². The third-order valence-corrected chi connectivity index (χ3v) is 5.39. The van der Waals surface area contributed by atoms with E-state index in [9.17, 15) is 14.4 Å². The molecule has 0 aliphatic carbocycles. The van der Waals surface area contributed by atoms with Crippen molar-refractivity contribution in [2.24, 2.45) is 0 Å². The fraction of sp³-hybridized carbons (Fsp3) is 0.400. The molecule has 1 aromatic heterocycles. The van der Waals surface area contributed by atoms with Crippen LogP contribution >= 0.6 is 11.3 Å². The van der Waals surface area contributed by atoms with Gasteiger partial charge in [0.1, 0.15) is 0 Å². The maximum atomic E-state index is 12.1. The first-order chi connectivity index (χ1) is 13.3. The number of anilines is 2. The molecule has 1 aliphatic rings. The molecule has 1 N–H and O–H groups in total. The number of nitrogens with zero attached hydrogens (tertiary/aromatic N) is 2. The summed E-state index contributed by atoms with van der Waals surface area (Å²) in [7, 11) is 0. The molecule has 1 fully saturated rings. The zero-order valence-electron chi connectivity index (χ0n) is 16.2. The van der Waals surface area contributed by atoms with Gasteiger partial charge in [0.2, 0.25) is 5.91 Å². The predicted molar refractivity (Wildman–Crippen MR) is 108 cm³/mol. The van der Waals surface area contributed by atoms with Crippen LogP contribution in [-0.2, 0) is 25.5 Å². The molecular weight excluding hydrogens is 378 g/mol. The average Bonchev–Trinajstić information content (AvgIpc) is 3.25. The van der Waals surface area contributed by atoms with E-state index < -0.39 is 5.97 Å². The second kappa shape index (κ2) is 8.52. The Kier molecular flexibility index (Phi) is 6.08. The van der Waals surface area contributed by atoms with E-state index in [1.165, 1.54) is 11.3 Å². The second-order valence-electron chi connectivity index (χ2n) is 6.93. The highest BCUT2D eigenvalue weighted by molar-refractivity contribution is 7.14. The lowest BCUT2D eigenvalue weighted by atomic mass is 10.1. The quantitative estimate of drug-likeness (QED) is 0.752. The second-order valence-corrected chi connectivity index (χ2v) is 7.77. The molecule has 8 heteroatoms. The van der Waals surface area contributed by atoms with Gasteiger partial charge in [-0.25, -0.2) is 4.98 Å². The molecule has 2 amide bonds. The SMILES string of the molecule is Cc1cc(C)c(NC(=O)COC(=O)Cc2csc(N3CCCC3=O)n2)c(C)c1. The first-order valence-electron chi connectivity index (χ1n) is 9.11. The maximum Gasteiger partial charge on any atom is 0.312 e. The minimum Gasteiger partial charge on any atom is -0.455 e. The van der Waals surface area contributed by atoms with Crippen LogP contribution in [-0.4, -0.2) is 35.9 Å². The first kappa shape index (κ1) is 20.0. The smallest absolute Gasteiger partial charge is 0.312 e. The van der Waals surface area contributed by atoms with Gasteiger partial charge >= 0.3 is 5.97 Å². The Bertz CT molecular complexity index is 899. The van der Waals surface area contributed by atoms with E-state index in [1.54, 1.807) is 10.3 Å². The Labute approximate surface area is 167 Å². The molecule has 0 unspecified atom stereocenters. The Morgan fingerprint density at radius 2 is 1.96 bits per heavy atom. The molecule has 148 valence electrons. The normalized spacial score (nSPS) is 13.7. The number of esters is 1. The number of carbonyl (C=O) groups is 3. The van der Waals surface area contributed by atoms with Crippen LogP contribution in [0.25, 0.3) is 0 Å². The summed E-state index contributed by atoms with van der Waals surface area (Å²) in [5.74, 6) is -0.857. The van der Waals surface area contributed by atoms with E-state index in [1.807, 2.05) is 32.9 Å². The zero-order chi connectivity index (χ0) is 20.3. The summed E-state index contributed by atoms with van der Waals surface area (Å²) in [6, 6.07) is 3.97. The first-order valence-corrected chi connectivity index (χ1v) is 9.99. The number of hydrogen-bond donors (Lipinski definition) is 1. The van der Waals surface area contributed by atoms with E-state index in [2.05, 4.69) is 10.3 Å². The Balaban J connectivity index is 1.50. The standard InChI is InChI=1S/C20H23N3O4S/c1-12-7-13(2)19(14(3)8-12)22-16(24)10-27-18(26)9-15-11-28-20(21-15)23-6-4-5-17(23)25/h7-8,11H,4-6,9-10H2,1-3H3,(H,22,24). The van der Waals surface area contributed by atoms with Crippen molar-refractivity contribution in [3.63, 3.8) is 0 Å². The molecule has 3 rings (SSSR count). The number of ether oxygens (including phenoxy) is 1. The fourth-order valence-electron chi connectivity index (χ4n) is 3.25. The van der Waals surface area contributed by atoms with Gasteiger partial charge in [-0.15, -0.1) is 11.3 Å². The lowest BCUT2D eigenvalue weighted by molar-refractivity contribution is -0.146. The van der Waals surface area contributed by atoms with Crippen LogP contribution in [0.1, 0.15) is 35.2 Å². The van der Waals surface area contributed by atoms with Gasteiger partial charge < -0.3 is 10.1 Å². The highest BCUT2D eigenvalue weighted by Crippen LogP contribution is 2.25. The van der Waals surface area contributed by atoms with Crippen LogP contribution < -0.4 is 10.2 Å². The van der Waals surface area contributed by atoms with Gasteiger partial charge in [0.25, 0.3) is 5.91 Å². The highest BCUT2D eigenvalue weighted by Gasteiger charge is 2.24. The zero-order valence-corrected chi connectivity index (χ0v) is 17.0. The Morgan fingerprint density at radius 3 is 2.61 bits per heavy atom. The van der Waals surface area contributed by atoms with Crippen molar-refractivity contribution >= 4 is 39.9 Å². The van der Waals surface area contributed by atoms with E-state index in [0.717, 1.165) is 28.8 Å². The number of rotatable bonds is 6. The molecular formula is C20H23N3O4S. The van der Waals surface area contributed by atoms with Crippen LogP contribution in [0.15, 0.2) is 17.5 Å². The van der Waals surface area contributed by atoms with Gasteiger partial charge in [-0.05, 0) is 38.3 Å². The van der Waals surface area contributed by atoms with Crippen molar-refractivity contribution in [3.05, 3.63) is 39.9 Å². The minimum atomic E-state index is -0.530. The molecule has 1 saturated heterocycles. The molecule has 1 aromatic carbocycles. The molecule has 2 heterocycles. The lowest BCUT2D eigenvalue weighted by Crippen LogP contribution is -2.24. The van der Waals surface area contributed by atoms with E-state index >= 15 is 0 Å². The molecule has 1 aliphatic heterocycles. The predicted octanol–water partition coefficient (Wildman–Crippen LogP) is 2.92. The van der Waals surface area contributed by atoms with Crippen molar-refractivity contribution in [1.82, 2.24) is 4.98 Å². The van der Waals surface area contributed by atoms with Crippen LogP contribution in [0.4, 0.5) is 10.8 Å². The summed E-state index contributed by atoms with van der Waals surface area (Å²) >= 11 is 1.33. The van der Waals surface area contributed by atoms with E-state index in [-0.39, 0.29) is 24.8 Å². The molecule has 28 heavy (non-hydrogen) atoms. The number of nitrogens with one attached hydrogen (secondary N) is 1. The largest absolute Gasteiger partial charge is 0.455 e. The number of thiazole rings is 1. The van der Waals surface area contributed by atoms with Crippen molar-refractivity contribution in [3.8, 4) is 0 Å². The van der Waals surface area contributed by atoms with Gasteiger partial charge in [0, 0.05) is 24.0 Å².